The van der Waals surface area contributed by atoms with Crippen LogP contribution < -0.4 is 11.1 Å². The minimum atomic E-state index is 0.336. The lowest BCUT2D eigenvalue weighted by Gasteiger charge is -2.17. The van der Waals surface area contributed by atoms with Crippen LogP contribution in [0, 0.1) is 0 Å². The van der Waals surface area contributed by atoms with Gasteiger partial charge in [0.15, 0.2) is 0 Å². The molecule has 0 amide bonds. The van der Waals surface area contributed by atoms with Crippen molar-refractivity contribution in [3.05, 3.63) is 27.7 Å². The topological polar surface area (TPSA) is 38.0 Å². The summed E-state index contributed by atoms with van der Waals surface area (Å²) in [6, 6.07) is 6.14. The highest BCUT2D eigenvalue weighted by atomic mass is 79.9. The van der Waals surface area contributed by atoms with Gasteiger partial charge < -0.3 is 11.1 Å². The molecule has 84 valence electrons. The molecule has 0 saturated carbocycles. The van der Waals surface area contributed by atoms with Gasteiger partial charge in [0.1, 0.15) is 0 Å². The molecular weight excluding hydrogens is 275 g/mol. The predicted octanol–water partition coefficient (Wildman–Crippen LogP) is 3.64. The van der Waals surface area contributed by atoms with Gasteiger partial charge in [-0.15, -0.1) is 0 Å². The highest BCUT2D eigenvalue weighted by Gasteiger charge is 2.05. The zero-order valence-electron chi connectivity index (χ0n) is 8.76. The summed E-state index contributed by atoms with van der Waals surface area (Å²) in [7, 11) is 0. The van der Waals surface area contributed by atoms with Crippen molar-refractivity contribution in [2.75, 3.05) is 11.9 Å². The standard InChI is InChI=1S/C11H16BrClN2/c1-2-3-9(7-14)15-8-4-5-11(13)10(12)6-8/h4-6,9,15H,2-3,7,14H2,1H3. The van der Waals surface area contributed by atoms with Gasteiger partial charge in [0.05, 0.1) is 5.02 Å². The number of hydrogen-bond acceptors (Lipinski definition) is 2. The van der Waals surface area contributed by atoms with Crippen LogP contribution in [0.25, 0.3) is 0 Å². The molecule has 1 aromatic carbocycles. The Bertz CT molecular complexity index is 317. The van der Waals surface area contributed by atoms with Crippen molar-refractivity contribution in [1.82, 2.24) is 0 Å². The molecule has 0 aliphatic carbocycles. The van der Waals surface area contributed by atoms with E-state index in [2.05, 4.69) is 28.2 Å². The first-order valence-corrected chi connectivity index (χ1v) is 6.26. The van der Waals surface area contributed by atoms with Gasteiger partial charge in [-0.25, -0.2) is 0 Å². The van der Waals surface area contributed by atoms with E-state index < -0.39 is 0 Å². The molecule has 0 fully saturated rings. The Hall–Kier alpha value is -0.250. The number of benzene rings is 1. The maximum Gasteiger partial charge on any atom is 0.0549 e. The quantitative estimate of drug-likeness (QED) is 0.869. The Morgan fingerprint density at radius 1 is 1.53 bits per heavy atom. The van der Waals surface area contributed by atoms with Gasteiger partial charge in [-0.2, -0.15) is 0 Å². The zero-order chi connectivity index (χ0) is 11.3. The van der Waals surface area contributed by atoms with Crippen molar-refractivity contribution in [1.29, 1.82) is 0 Å². The first-order valence-electron chi connectivity index (χ1n) is 5.09. The SMILES string of the molecule is CCCC(CN)Nc1ccc(Cl)c(Br)c1. The van der Waals surface area contributed by atoms with Crippen LogP contribution in [0.3, 0.4) is 0 Å². The second-order valence-electron chi connectivity index (χ2n) is 3.49. The summed E-state index contributed by atoms with van der Waals surface area (Å²) in [6.07, 6.45) is 2.21. The van der Waals surface area contributed by atoms with E-state index in [1.807, 2.05) is 18.2 Å². The van der Waals surface area contributed by atoms with Crippen LogP contribution >= 0.6 is 27.5 Å². The van der Waals surface area contributed by atoms with Gasteiger partial charge in [0, 0.05) is 22.7 Å². The molecule has 0 saturated heterocycles. The van der Waals surface area contributed by atoms with Crippen molar-refractivity contribution >= 4 is 33.2 Å². The van der Waals surface area contributed by atoms with Crippen LogP contribution in [0.1, 0.15) is 19.8 Å². The van der Waals surface area contributed by atoms with Crippen LogP contribution in [0.5, 0.6) is 0 Å². The van der Waals surface area contributed by atoms with Crippen molar-refractivity contribution in [3.8, 4) is 0 Å². The summed E-state index contributed by atoms with van der Waals surface area (Å²) in [5.74, 6) is 0. The fourth-order valence-corrected chi connectivity index (χ4v) is 1.92. The molecule has 0 heterocycles. The smallest absolute Gasteiger partial charge is 0.0549 e. The largest absolute Gasteiger partial charge is 0.381 e. The van der Waals surface area contributed by atoms with Crippen LogP contribution in [-0.2, 0) is 0 Å². The third-order valence-electron chi connectivity index (χ3n) is 2.21. The molecule has 3 N–H and O–H groups in total. The van der Waals surface area contributed by atoms with Crippen molar-refractivity contribution in [2.45, 2.75) is 25.8 Å². The number of anilines is 1. The molecule has 0 aromatic heterocycles. The minimum absolute atomic E-state index is 0.336. The highest BCUT2D eigenvalue weighted by molar-refractivity contribution is 9.10. The van der Waals surface area contributed by atoms with E-state index in [4.69, 9.17) is 17.3 Å². The molecule has 15 heavy (non-hydrogen) atoms. The summed E-state index contributed by atoms with van der Waals surface area (Å²) < 4.78 is 0.904. The van der Waals surface area contributed by atoms with Crippen molar-refractivity contribution < 1.29 is 0 Å². The van der Waals surface area contributed by atoms with Crippen LogP contribution in [0.15, 0.2) is 22.7 Å². The molecule has 1 aromatic rings. The first kappa shape index (κ1) is 12.8. The highest BCUT2D eigenvalue weighted by Crippen LogP contribution is 2.26. The number of rotatable bonds is 5. The fraction of sp³-hybridized carbons (Fsp3) is 0.455. The lowest BCUT2D eigenvalue weighted by Crippen LogP contribution is -2.28. The van der Waals surface area contributed by atoms with E-state index in [0.29, 0.717) is 12.6 Å². The molecule has 0 aliphatic rings. The predicted molar refractivity (Wildman–Crippen MR) is 70.5 cm³/mol. The Balaban J connectivity index is 2.66. The van der Waals surface area contributed by atoms with Crippen LogP contribution in [0.2, 0.25) is 5.02 Å². The Kier molecular flexibility index (Phi) is 5.43. The molecule has 0 bridgehead atoms. The summed E-state index contributed by atoms with van der Waals surface area (Å²) >= 11 is 9.31. The summed E-state index contributed by atoms with van der Waals surface area (Å²) in [5.41, 5.74) is 6.73. The molecular formula is C11H16BrClN2. The molecule has 4 heteroatoms. The van der Waals surface area contributed by atoms with E-state index in [0.717, 1.165) is 28.0 Å². The molecule has 0 spiro atoms. The molecule has 0 aliphatic heterocycles. The van der Waals surface area contributed by atoms with Gasteiger partial charge >= 0.3 is 0 Å². The van der Waals surface area contributed by atoms with Gasteiger partial charge in [-0.3, -0.25) is 0 Å². The van der Waals surface area contributed by atoms with Crippen LogP contribution in [-0.4, -0.2) is 12.6 Å². The second kappa shape index (κ2) is 6.36. The number of hydrogen-bond donors (Lipinski definition) is 2. The Morgan fingerprint density at radius 2 is 2.27 bits per heavy atom. The fourth-order valence-electron chi connectivity index (χ4n) is 1.42. The molecule has 0 radical (unpaired) electrons. The van der Waals surface area contributed by atoms with Gasteiger partial charge in [0.25, 0.3) is 0 Å². The van der Waals surface area contributed by atoms with E-state index in [-0.39, 0.29) is 0 Å². The third-order valence-corrected chi connectivity index (χ3v) is 3.43. The Labute approximate surface area is 104 Å². The molecule has 1 atom stereocenters. The van der Waals surface area contributed by atoms with Gasteiger partial charge in [0.2, 0.25) is 0 Å². The molecule has 2 nitrogen and oxygen atoms in total. The number of nitrogens with two attached hydrogens (primary N) is 1. The average molecular weight is 292 g/mol. The number of halogens is 2. The van der Waals surface area contributed by atoms with Gasteiger partial charge in [-0.1, -0.05) is 24.9 Å². The van der Waals surface area contributed by atoms with Crippen molar-refractivity contribution in [2.24, 2.45) is 5.73 Å². The van der Waals surface area contributed by atoms with E-state index in [9.17, 15) is 0 Å². The summed E-state index contributed by atoms with van der Waals surface area (Å²) in [5, 5.41) is 4.11. The average Bonchev–Trinajstić information content (AvgIpc) is 2.23. The Morgan fingerprint density at radius 3 is 2.80 bits per heavy atom. The second-order valence-corrected chi connectivity index (χ2v) is 4.76. The van der Waals surface area contributed by atoms with E-state index in [1.54, 1.807) is 0 Å². The minimum Gasteiger partial charge on any atom is -0.381 e. The maximum absolute atomic E-state index is 5.91. The van der Waals surface area contributed by atoms with Gasteiger partial charge in [-0.05, 0) is 40.5 Å². The maximum atomic E-state index is 5.91. The van der Waals surface area contributed by atoms with Crippen LogP contribution in [0.4, 0.5) is 5.69 Å². The normalized spacial score (nSPS) is 12.5. The number of nitrogens with one attached hydrogen (secondary N) is 1. The lowest BCUT2D eigenvalue weighted by atomic mass is 10.1. The van der Waals surface area contributed by atoms with E-state index in [1.165, 1.54) is 0 Å². The molecule has 1 rings (SSSR count). The molecule has 1 unspecified atom stereocenters. The third kappa shape index (κ3) is 4.01. The van der Waals surface area contributed by atoms with E-state index >= 15 is 0 Å². The zero-order valence-corrected chi connectivity index (χ0v) is 11.1. The summed E-state index contributed by atoms with van der Waals surface area (Å²) in [4.78, 5) is 0. The first-order chi connectivity index (χ1) is 7.17. The lowest BCUT2D eigenvalue weighted by molar-refractivity contribution is 0.648. The van der Waals surface area contributed by atoms with Crippen molar-refractivity contribution in [3.63, 3.8) is 0 Å². The summed E-state index contributed by atoms with van der Waals surface area (Å²) in [6.45, 7) is 2.80. The monoisotopic (exact) mass is 290 g/mol.